The lowest BCUT2D eigenvalue weighted by Gasteiger charge is -2.09. The van der Waals surface area contributed by atoms with Crippen molar-refractivity contribution in [1.29, 1.82) is 0 Å². The van der Waals surface area contributed by atoms with E-state index in [1.54, 1.807) is 0 Å². The first-order valence-electron chi connectivity index (χ1n) is 5.21. The zero-order valence-electron chi connectivity index (χ0n) is 9.70. The van der Waals surface area contributed by atoms with Gasteiger partial charge in [0.1, 0.15) is 11.6 Å². The van der Waals surface area contributed by atoms with Crippen LogP contribution < -0.4 is 4.72 Å². The summed E-state index contributed by atoms with van der Waals surface area (Å²) in [5.74, 6) is -1.98. The minimum absolute atomic E-state index is 0.0900. The molecule has 0 heterocycles. The molecule has 0 bridgehead atoms. The Balaban J connectivity index is 2.40. The number of benzene rings is 2. The van der Waals surface area contributed by atoms with Crippen LogP contribution in [0.2, 0.25) is 10.0 Å². The first-order valence-corrected chi connectivity index (χ1v) is 7.45. The van der Waals surface area contributed by atoms with Crippen molar-refractivity contribution in [3.05, 3.63) is 58.1 Å². The normalized spacial score (nSPS) is 11.4. The van der Waals surface area contributed by atoms with Crippen LogP contribution in [0.3, 0.4) is 0 Å². The molecule has 0 aliphatic carbocycles. The molecule has 3 nitrogen and oxygen atoms in total. The summed E-state index contributed by atoms with van der Waals surface area (Å²) in [7, 11) is -4.14. The fraction of sp³-hybridized carbons (Fsp3) is 0. The van der Waals surface area contributed by atoms with E-state index in [1.165, 1.54) is 18.2 Å². The highest BCUT2D eigenvalue weighted by Gasteiger charge is 2.17. The van der Waals surface area contributed by atoms with Gasteiger partial charge in [-0.25, -0.2) is 17.2 Å². The van der Waals surface area contributed by atoms with Gasteiger partial charge in [-0.05, 0) is 30.3 Å². The quantitative estimate of drug-likeness (QED) is 0.917. The number of rotatable bonds is 3. The molecule has 0 aliphatic rings. The summed E-state index contributed by atoms with van der Waals surface area (Å²) in [6.07, 6.45) is 0. The van der Waals surface area contributed by atoms with Crippen molar-refractivity contribution in [3.8, 4) is 0 Å². The second kappa shape index (κ2) is 5.55. The third-order valence-electron chi connectivity index (χ3n) is 2.26. The molecule has 0 aliphatic heterocycles. The number of hydrogen-bond acceptors (Lipinski definition) is 2. The zero-order chi connectivity index (χ0) is 14.9. The van der Waals surface area contributed by atoms with Crippen LogP contribution >= 0.6 is 23.2 Å². The van der Waals surface area contributed by atoms with Gasteiger partial charge in [0.05, 0.1) is 10.6 Å². The summed E-state index contributed by atoms with van der Waals surface area (Å²) in [6, 6.07) is 6.05. The average Bonchev–Trinajstić information content (AvgIpc) is 2.25. The van der Waals surface area contributed by atoms with Crippen molar-refractivity contribution < 1.29 is 17.2 Å². The molecule has 0 fully saturated rings. The Morgan fingerprint density at radius 1 is 0.850 bits per heavy atom. The number of halogens is 4. The summed E-state index contributed by atoms with van der Waals surface area (Å²) < 4.78 is 52.2. The van der Waals surface area contributed by atoms with Crippen molar-refractivity contribution in [3.63, 3.8) is 0 Å². The van der Waals surface area contributed by atoms with Crippen LogP contribution in [0.15, 0.2) is 41.3 Å². The monoisotopic (exact) mass is 337 g/mol. The predicted molar refractivity (Wildman–Crippen MR) is 73.6 cm³/mol. The lowest BCUT2D eigenvalue weighted by atomic mass is 10.3. The molecular weight excluding hydrogens is 331 g/mol. The van der Waals surface area contributed by atoms with E-state index in [9.17, 15) is 17.2 Å². The van der Waals surface area contributed by atoms with Gasteiger partial charge in [-0.1, -0.05) is 23.2 Å². The standard InChI is InChI=1S/C12H7Cl2F2NO2S/c13-7-1-8(14)3-11(2-7)17-20(18,19)12-5-9(15)4-10(16)6-12/h1-6,17H. The SMILES string of the molecule is O=S(=O)(Nc1cc(Cl)cc(Cl)c1)c1cc(F)cc(F)c1. The Kier molecular flexibility index (Phi) is 4.17. The van der Waals surface area contributed by atoms with E-state index >= 15 is 0 Å². The Morgan fingerprint density at radius 3 is 1.85 bits per heavy atom. The maximum atomic E-state index is 13.1. The molecule has 0 spiro atoms. The van der Waals surface area contributed by atoms with Crippen LogP contribution in [0.25, 0.3) is 0 Å². The first kappa shape index (κ1) is 15.0. The lowest BCUT2D eigenvalue weighted by molar-refractivity contribution is 0.568. The van der Waals surface area contributed by atoms with Gasteiger partial charge in [-0.15, -0.1) is 0 Å². The number of hydrogen-bond donors (Lipinski definition) is 1. The fourth-order valence-corrected chi connectivity index (χ4v) is 3.12. The van der Waals surface area contributed by atoms with Crippen LogP contribution in [0.5, 0.6) is 0 Å². The van der Waals surface area contributed by atoms with Gasteiger partial charge >= 0.3 is 0 Å². The molecule has 0 radical (unpaired) electrons. The minimum atomic E-state index is -4.14. The Hall–Kier alpha value is -1.37. The van der Waals surface area contributed by atoms with Crippen LogP contribution in [-0.4, -0.2) is 8.42 Å². The highest BCUT2D eigenvalue weighted by atomic mass is 35.5. The van der Waals surface area contributed by atoms with Gasteiger partial charge in [0.2, 0.25) is 0 Å². The molecule has 20 heavy (non-hydrogen) atoms. The summed E-state index contributed by atoms with van der Waals surface area (Å²) in [5, 5.41) is 0.446. The Labute approximate surface area is 124 Å². The van der Waals surface area contributed by atoms with Crippen molar-refractivity contribution in [2.75, 3.05) is 4.72 Å². The molecule has 8 heteroatoms. The van der Waals surface area contributed by atoms with Gasteiger partial charge in [0.15, 0.2) is 0 Å². The highest BCUT2D eigenvalue weighted by molar-refractivity contribution is 7.92. The van der Waals surface area contributed by atoms with Gasteiger partial charge in [-0.3, -0.25) is 4.72 Å². The van der Waals surface area contributed by atoms with E-state index in [0.717, 1.165) is 0 Å². The summed E-state index contributed by atoms with van der Waals surface area (Å²) in [5.41, 5.74) is 0.0900. The molecular formula is C12H7Cl2F2NO2S. The van der Waals surface area contributed by atoms with Crippen LogP contribution in [0.4, 0.5) is 14.5 Å². The Morgan fingerprint density at radius 2 is 1.35 bits per heavy atom. The molecule has 2 rings (SSSR count). The second-order valence-corrected chi connectivity index (χ2v) is 6.42. The molecule has 0 saturated heterocycles. The molecule has 0 aromatic heterocycles. The largest absolute Gasteiger partial charge is 0.280 e. The predicted octanol–water partition coefficient (Wildman–Crippen LogP) is 4.07. The van der Waals surface area contributed by atoms with Gasteiger partial charge in [0, 0.05) is 16.1 Å². The number of sulfonamides is 1. The van der Waals surface area contributed by atoms with Crippen molar-refractivity contribution in [2.24, 2.45) is 0 Å². The first-order chi connectivity index (χ1) is 9.26. The summed E-state index contributed by atoms with van der Waals surface area (Å²) >= 11 is 11.5. The van der Waals surface area contributed by atoms with Gasteiger partial charge in [-0.2, -0.15) is 0 Å². The molecule has 1 N–H and O–H groups in total. The topological polar surface area (TPSA) is 46.2 Å². The van der Waals surface area contributed by atoms with Gasteiger partial charge in [0.25, 0.3) is 10.0 Å². The van der Waals surface area contributed by atoms with E-state index in [2.05, 4.69) is 4.72 Å². The molecule has 0 atom stereocenters. The molecule has 106 valence electrons. The maximum Gasteiger partial charge on any atom is 0.262 e. The smallest absolute Gasteiger partial charge is 0.262 e. The fourth-order valence-electron chi connectivity index (χ4n) is 1.51. The molecule has 0 saturated carbocycles. The summed E-state index contributed by atoms with van der Waals surface area (Å²) in [4.78, 5) is -0.536. The van der Waals surface area contributed by atoms with Crippen LogP contribution in [0, 0.1) is 11.6 Å². The van der Waals surface area contributed by atoms with Crippen LogP contribution in [-0.2, 0) is 10.0 Å². The number of nitrogens with one attached hydrogen (secondary N) is 1. The van der Waals surface area contributed by atoms with E-state index in [0.29, 0.717) is 18.2 Å². The van der Waals surface area contributed by atoms with E-state index in [1.807, 2.05) is 0 Å². The van der Waals surface area contributed by atoms with E-state index in [-0.39, 0.29) is 15.7 Å². The van der Waals surface area contributed by atoms with E-state index in [4.69, 9.17) is 23.2 Å². The summed E-state index contributed by atoms with van der Waals surface area (Å²) in [6.45, 7) is 0. The second-order valence-electron chi connectivity index (χ2n) is 3.87. The maximum absolute atomic E-state index is 13.1. The zero-order valence-corrected chi connectivity index (χ0v) is 12.0. The number of anilines is 1. The third kappa shape index (κ3) is 3.59. The average molecular weight is 338 g/mol. The van der Waals surface area contributed by atoms with Crippen molar-refractivity contribution >= 4 is 38.9 Å². The third-order valence-corrected chi connectivity index (χ3v) is 4.06. The Bertz CT molecular complexity index is 726. The van der Waals surface area contributed by atoms with Crippen LogP contribution in [0.1, 0.15) is 0 Å². The molecule has 2 aromatic carbocycles. The molecule has 0 unspecified atom stereocenters. The van der Waals surface area contributed by atoms with Gasteiger partial charge < -0.3 is 0 Å². The minimum Gasteiger partial charge on any atom is -0.280 e. The lowest BCUT2D eigenvalue weighted by Crippen LogP contribution is -2.13. The molecule has 2 aromatic rings. The van der Waals surface area contributed by atoms with E-state index < -0.39 is 26.6 Å². The molecule has 0 amide bonds. The van der Waals surface area contributed by atoms with Crippen molar-refractivity contribution in [2.45, 2.75) is 4.90 Å². The highest BCUT2D eigenvalue weighted by Crippen LogP contribution is 2.25. The van der Waals surface area contributed by atoms with Crippen molar-refractivity contribution in [1.82, 2.24) is 0 Å².